The Morgan fingerprint density at radius 1 is 0.340 bits per heavy atom. The van der Waals surface area contributed by atoms with Crippen molar-refractivity contribution in [2.24, 2.45) is 0 Å². The summed E-state index contributed by atoms with van der Waals surface area (Å²) in [7, 11) is 0. The first-order valence-electron chi connectivity index (χ1n) is 17.7. The van der Waals surface area contributed by atoms with E-state index in [1.807, 2.05) is 66.7 Å². The van der Waals surface area contributed by atoms with Crippen molar-refractivity contribution in [3.8, 4) is 45.5 Å². The molecule has 7 heteroatoms. The lowest BCUT2D eigenvalue weighted by Crippen LogP contribution is -2.01. The van der Waals surface area contributed by atoms with Crippen LogP contribution in [-0.4, -0.2) is 33.5 Å². The fourth-order valence-electron chi connectivity index (χ4n) is 7.74. The molecule has 0 unspecified atom stereocenters. The molecule has 0 N–H and O–H groups in total. The zero-order chi connectivity index (χ0) is 34.9. The molecular weight excluding hydrogens is 651 g/mol. The second-order valence-corrected chi connectivity index (χ2v) is 13.2. The van der Waals surface area contributed by atoms with Gasteiger partial charge in [0.1, 0.15) is 0 Å². The molecule has 0 bridgehead atoms. The van der Waals surface area contributed by atoms with E-state index in [-0.39, 0.29) is 0 Å². The van der Waals surface area contributed by atoms with Gasteiger partial charge < -0.3 is 4.57 Å². The number of imidazole rings is 2. The average Bonchev–Trinajstić information content (AvgIpc) is 3.89. The van der Waals surface area contributed by atoms with E-state index in [1.54, 1.807) is 0 Å². The highest BCUT2D eigenvalue weighted by Crippen LogP contribution is 2.40. The molecule has 0 spiro atoms. The molecule has 0 aliphatic heterocycles. The molecule has 53 heavy (non-hydrogen) atoms. The minimum absolute atomic E-state index is 0.614. The first kappa shape index (κ1) is 29.4. The van der Waals surface area contributed by atoms with Crippen LogP contribution in [0.2, 0.25) is 0 Å². The summed E-state index contributed by atoms with van der Waals surface area (Å²) in [6.07, 6.45) is 0. The third-order valence-corrected chi connectivity index (χ3v) is 10.1. The second kappa shape index (κ2) is 11.6. The van der Waals surface area contributed by atoms with E-state index in [0.717, 1.165) is 66.9 Å². The van der Waals surface area contributed by atoms with Gasteiger partial charge in [0, 0.05) is 38.8 Å². The molecule has 0 fully saturated rings. The lowest BCUT2D eigenvalue weighted by molar-refractivity contribution is 1.07. The first-order valence-corrected chi connectivity index (χ1v) is 17.7. The summed E-state index contributed by atoms with van der Waals surface area (Å²) in [4.78, 5) is 20.2. The van der Waals surface area contributed by atoms with Crippen LogP contribution in [0.4, 0.5) is 0 Å². The second-order valence-electron chi connectivity index (χ2n) is 13.2. The number of fused-ring (bicyclic) bond motifs is 9. The standard InChI is InChI=1S/C46H29N7/c1-4-15-30(16-5-1)43-48-44(31-17-6-2-7-18-31)50-45(49-43)32-19-14-22-34(29-32)51-38-25-12-10-23-35(38)36-27-28-40-42(41(36)51)52(33-20-8-3-9-21-33)46-47-37-24-11-13-26-39(37)53(40)46/h1-29H. The number of nitrogens with zero attached hydrogens (tertiary/aromatic N) is 7. The Bertz CT molecular complexity index is 3100. The van der Waals surface area contributed by atoms with E-state index in [1.165, 1.54) is 10.8 Å². The van der Waals surface area contributed by atoms with Crippen LogP contribution in [-0.2, 0) is 0 Å². The summed E-state index contributed by atoms with van der Waals surface area (Å²) in [6.45, 7) is 0. The van der Waals surface area contributed by atoms with Crippen molar-refractivity contribution in [2.45, 2.75) is 0 Å². The SMILES string of the molecule is c1ccc(-c2nc(-c3ccccc3)nc(-c3cccc(-n4c5ccccc5c5ccc6c(c54)n(-c4ccccc4)c4nc5ccccc5n64)c3)n2)cc1. The molecule has 248 valence electrons. The van der Waals surface area contributed by atoms with Crippen molar-refractivity contribution in [1.82, 2.24) is 33.5 Å². The van der Waals surface area contributed by atoms with Crippen LogP contribution in [0.1, 0.15) is 0 Å². The van der Waals surface area contributed by atoms with E-state index in [4.69, 9.17) is 19.9 Å². The van der Waals surface area contributed by atoms with Crippen LogP contribution >= 0.6 is 0 Å². The number of benzene rings is 7. The molecule has 0 saturated heterocycles. The molecule has 11 aromatic rings. The van der Waals surface area contributed by atoms with Gasteiger partial charge in [0.2, 0.25) is 5.78 Å². The Morgan fingerprint density at radius 3 is 1.62 bits per heavy atom. The summed E-state index contributed by atoms with van der Waals surface area (Å²) in [5.41, 5.74) is 11.3. The van der Waals surface area contributed by atoms with Crippen molar-refractivity contribution in [3.63, 3.8) is 0 Å². The minimum atomic E-state index is 0.614. The maximum atomic E-state index is 5.21. The summed E-state index contributed by atoms with van der Waals surface area (Å²) in [5.74, 6) is 2.75. The molecule has 11 rings (SSSR count). The fraction of sp³-hybridized carbons (Fsp3) is 0. The summed E-state index contributed by atoms with van der Waals surface area (Å²) < 4.78 is 6.98. The van der Waals surface area contributed by atoms with Gasteiger partial charge in [-0.05, 0) is 54.6 Å². The topological polar surface area (TPSA) is 65.8 Å². The quantitative estimate of drug-likeness (QED) is 0.182. The molecule has 0 atom stereocenters. The van der Waals surface area contributed by atoms with Gasteiger partial charge in [0.25, 0.3) is 0 Å². The zero-order valence-corrected chi connectivity index (χ0v) is 28.4. The summed E-state index contributed by atoms with van der Waals surface area (Å²) in [6, 6.07) is 60.8. The number of rotatable bonds is 5. The lowest BCUT2D eigenvalue weighted by atomic mass is 10.1. The molecule has 0 amide bonds. The van der Waals surface area contributed by atoms with Crippen LogP contribution in [0.5, 0.6) is 0 Å². The van der Waals surface area contributed by atoms with Gasteiger partial charge in [-0.1, -0.05) is 121 Å². The number of aromatic nitrogens is 7. The minimum Gasteiger partial charge on any atom is -0.307 e. The number of hydrogen-bond acceptors (Lipinski definition) is 4. The summed E-state index contributed by atoms with van der Waals surface area (Å²) >= 11 is 0. The van der Waals surface area contributed by atoms with Gasteiger partial charge in [-0.15, -0.1) is 0 Å². The van der Waals surface area contributed by atoms with Gasteiger partial charge in [-0.2, -0.15) is 0 Å². The molecule has 4 aromatic heterocycles. The van der Waals surface area contributed by atoms with Crippen molar-refractivity contribution < 1.29 is 0 Å². The highest BCUT2D eigenvalue weighted by Gasteiger charge is 2.24. The first-order chi connectivity index (χ1) is 26.3. The number of para-hydroxylation sites is 4. The molecule has 0 aliphatic rings. The largest absolute Gasteiger partial charge is 0.307 e. The van der Waals surface area contributed by atoms with Crippen LogP contribution < -0.4 is 0 Å². The van der Waals surface area contributed by atoms with Crippen molar-refractivity contribution in [3.05, 3.63) is 176 Å². The highest BCUT2D eigenvalue weighted by molar-refractivity contribution is 6.18. The Kier molecular flexibility index (Phi) is 6.42. The van der Waals surface area contributed by atoms with E-state index in [0.29, 0.717) is 17.5 Å². The van der Waals surface area contributed by atoms with Crippen LogP contribution in [0.3, 0.4) is 0 Å². The smallest absolute Gasteiger partial charge is 0.220 e. The third kappa shape index (κ3) is 4.54. The van der Waals surface area contributed by atoms with Crippen molar-refractivity contribution >= 4 is 49.7 Å². The molecule has 0 aliphatic carbocycles. The molecular formula is C46H29N7. The Labute approximate surface area is 303 Å². The Hall–Kier alpha value is -7.38. The molecule has 0 saturated carbocycles. The normalized spacial score (nSPS) is 11.8. The van der Waals surface area contributed by atoms with Gasteiger partial charge in [0.15, 0.2) is 17.5 Å². The van der Waals surface area contributed by atoms with Crippen LogP contribution in [0.15, 0.2) is 176 Å². The number of hydrogen-bond donors (Lipinski definition) is 0. The molecule has 7 nitrogen and oxygen atoms in total. The van der Waals surface area contributed by atoms with Crippen LogP contribution in [0.25, 0.3) is 95.2 Å². The van der Waals surface area contributed by atoms with Gasteiger partial charge >= 0.3 is 0 Å². The predicted molar refractivity (Wildman–Crippen MR) is 214 cm³/mol. The highest BCUT2D eigenvalue weighted by atomic mass is 15.2. The summed E-state index contributed by atoms with van der Waals surface area (Å²) in [5, 5.41) is 2.34. The fourth-order valence-corrected chi connectivity index (χ4v) is 7.74. The molecule has 0 radical (unpaired) electrons. The van der Waals surface area contributed by atoms with E-state index < -0.39 is 0 Å². The maximum Gasteiger partial charge on any atom is 0.220 e. The van der Waals surface area contributed by atoms with Gasteiger partial charge in [-0.25, -0.2) is 19.9 Å². The van der Waals surface area contributed by atoms with Crippen LogP contribution in [0, 0.1) is 0 Å². The zero-order valence-electron chi connectivity index (χ0n) is 28.4. The Balaban J connectivity index is 1.22. The van der Waals surface area contributed by atoms with E-state index in [2.05, 4.69) is 123 Å². The van der Waals surface area contributed by atoms with E-state index in [9.17, 15) is 0 Å². The Morgan fingerprint density at radius 2 is 0.906 bits per heavy atom. The van der Waals surface area contributed by atoms with Gasteiger partial charge in [0.05, 0.1) is 33.1 Å². The maximum absolute atomic E-state index is 5.21. The monoisotopic (exact) mass is 679 g/mol. The van der Waals surface area contributed by atoms with E-state index >= 15 is 0 Å². The predicted octanol–water partition coefficient (Wildman–Crippen LogP) is 10.7. The van der Waals surface area contributed by atoms with Crippen molar-refractivity contribution in [2.75, 3.05) is 0 Å². The van der Waals surface area contributed by atoms with Gasteiger partial charge in [-0.3, -0.25) is 8.97 Å². The lowest BCUT2D eigenvalue weighted by Gasteiger charge is -2.13. The molecule has 7 aromatic carbocycles. The average molecular weight is 680 g/mol. The molecule has 4 heterocycles. The third-order valence-electron chi connectivity index (χ3n) is 10.1. The van der Waals surface area contributed by atoms with Crippen molar-refractivity contribution in [1.29, 1.82) is 0 Å².